The van der Waals surface area contributed by atoms with E-state index in [0.717, 1.165) is 0 Å². The summed E-state index contributed by atoms with van der Waals surface area (Å²) in [6.45, 7) is 1.22. The summed E-state index contributed by atoms with van der Waals surface area (Å²) in [6.07, 6.45) is 0. The van der Waals surface area contributed by atoms with Crippen LogP contribution in [-0.2, 0) is 10.0 Å². The molecule has 1 heterocycles. The van der Waals surface area contributed by atoms with Crippen molar-refractivity contribution in [3.8, 4) is 5.75 Å². The Balaban J connectivity index is 1.71. The SMILES string of the molecule is COc1cccc(C(=O)N2CCN(S(=O)(=O)c3ccccc3Br)CC2)c1. The molecule has 1 aliphatic heterocycles. The second-order valence-electron chi connectivity index (χ2n) is 5.86. The Bertz CT molecular complexity index is 909. The van der Waals surface area contributed by atoms with Gasteiger partial charge in [-0.3, -0.25) is 4.79 Å². The van der Waals surface area contributed by atoms with Crippen LogP contribution in [0.3, 0.4) is 0 Å². The van der Waals surface area contributed by atoms with Gasteiger partial charge in [0.25, 0.3) is 5.91 Å². The molecule has 1 aliphatic rings. The number of rotatable bonds is 4. The molecule has 0 spiro atoms. The zero-order chi connectivity index (χ0) is 18.7. The lowest BCUT2D eigenvalue weighted by Crippen LogP contribution is -2.50. The molecular weight excluding hydrogens is 420 g/mol. The maximum atomic E-state index is 12.8. The van der Waals surface area contributed by atoms with Crippen LogP contribution in [0.2, 0.25) is 0 Å². The largest absolute Gasteiger partial charge is 0.497 e. The molecule has 8 heteroatoms. The number of methoxy groups -OCH3 is 1. The molecule has 138 valence electrons. The van der Waals surface area contributed by atoms with Gasteiger partial charge in [0.1, 0.15) is 5.75 Å². The zero-order valence-electron chi connectivity index (χ0n) is 14.3. The second-order valence-corrected chi connectivity index (χ2v) is 8.62. The Kier molecular flexibility index (Phi) is 5.64. The van der Waals surface area contributed by atoms with Crippen molar-refractivity contribution in [2.24, 2.45) is 0 Å². The fourth-order valence-corrected chi connectivity index (χ4v) is 5.25. The van der Waals surface area contributed by atoms with Crippen molar-refractivity contribution >= 4 is 31.9 Å². The molecule has 1 saturated heterocycles. The minimum absolute atomic E-state index is 0.123. The van der Waals surface area contributed by atoms with Crippen molar-refractivity contribution in [1.82, 2.24) is 9.21 Å². The van der Waals surface area contributed by atoms with Crippen LogP contribution in [0.15, 0.2) is 57.9 Å². The van der Waals surface area contributed by atoms with Gasteiger partial charge in [-0.15, -0.1) is 0 Å². The van der Waals surface area contributed by atoms with Crippen molar-refractivity contribution in [3.63, 3.8) is 0 Å². The molecule has 0 aliphatic carbocycles. The Morgan fingerprint density at radius 1 is 1.04 bits per heavy atom. The van der Waals surface area contributed by atoms with Gasteiger partial charge in [-0.2, -0.15) is 4.31 Å². The van der Waals surface area contributed by atoms with Gasteiger partial charge in [0.15, 0.2) is 0 Å². The minimum atomic E-state index is -3.59. The molecule has 0 saturated carbocycles. The van der Waals surface area contributed by atoms with E-state index in [4.69, 9.17) is 4.74 Å². The Morgan fingerprint density at radius 2 is 1.73 bits per heavy atom. The summed E-state index contributed by atoms with van der Waals surface area (Å²) in [5.41, 5.74) is 0.534. The molecule has 0 aromatic heterocycles. The molecule has 2 aromatic rings. The van der Waals surface area contributed by atoms with Crippen LogP contribution in [-0.4, -0.2) is 56.8 Å². The maximum Gasteiger partial charge on any atom is 0.254 e. The van der Waals surface area contributed by atoms with Crippen LogP contribution in [0.5, 0.6) is 5.75 Å². The summed E-state index contributed by atoms with van der Waals surface area (Å²) in [6, 6.07) is 13.7. The van der Waals surface area contributed by atoms with Gasteiger partial charge in [-0.05, 0) is 46.3 Å². The van der Waals surface area contributed by atoms with E-state index in [-0.39, 0.29) is 23.9 Å². The van der Waals surface area contributed by atoms with Crippen molar-refractivity contribution in [3.05, 3.63) is 58.6 Å². The third kappa shape index (κ3) is 3.77. The van der Waals surface area contributed by atoms with E-state index in [1.54, 1.807) is 60.5 Å². The highest BCUT2D eigenvalue weighted by Gasteiger charge is 2.31. The van der Waals surface area contributed by atoms with E-state index in [2.05, 4.69) is 15.9 Å². The van der Waals surface area contributed by atoms with Crippen LogP contribution in [0.25, 0.3) is 0 Å². The first kappa shape index (κ1) is 18.9. The zero-order valence-corrected chi connectivity index (χ0v) is 16.7. The average molecular weight is 439 g/mol. The van der Waals surface area contributed by atoms with Crippen LogP contribution in [0.1, 0.15) is 10.4 Å². The highest BCUT2D eigenvalue weighted by Crippen LogP contribution is 2.25. The molecule has 3 rings (SSSR count). The first-order valence-corrected chi connectivity index (χ1v) is 10.3. The lowest BCUT2D eigenvalue weighted by Gasteiger charge is -2.34. The molecule has 1 fully saturated rings. The van der Waals surface area contributed by atoms with Crippen LogP contribution in [0.4, 0.5) is 0 Å². The standard InChI is InChI=1S/C18H19BrN2O4S/c1-25-15-6-4-5-14(13-15)18(22)20-9-11-21(12-10-20)26(23,24)17-8-3-2-7-16(17)19/h2-8,13H,9-12H2,1H3. The van der Waals surface area contributed by atoms with Crippen LogP contribution in [0, 0.1) is 0 Å². The number of amides is 1. The fourth-order valence-electron chi connectivity index (χ4n) is 2.86. The number of carbonyl (C=O) groups is 1. The highest BCUT2D eigenvalue weighted by atomic mass is 79.9. The first-order chi connectivity index (χ1) is 12.4. The predicted octanol–water partition coefficient (Wildman–Crippen LogP) is 2.60. The van der Waals surface area contributed by atoms with Gasteiger partial charge >= 0.3 is 0 Å². The summed E-state index contributed by atoms with van der Waals surface area (Å²) in [5.74, 6) is 0.493. The summed E-state index contributed by atoms with van der Waals surface area (Å²) in [4.78, 5) is 14.6. The van der Waals surface area contributed by atoms with Crippen molar-refractivity contribution in [1.29, 1.82) is 0 Å². The molecule has 0 N–H and O–H groups in total. The minimum Gasteiger partial charge on any atom is -0.497 e. The third-order valence-corrected chi connectivity index (χ3v) is 7.21. The number of ether oxygens (including phenoxy) is 1. The second kappa shape index (κ2) is 7.77. The van der Waals surface area contributed by atoms with E-state index in [1.165, 1.54) is 4.31 Å². The molecule has 2 aromatic carbocycles. The van der Waals surface area contributed by atoms with Gasteiger partial charge in [0.2, 0.25) is 10.0 Å². The first-order valence-electron chi connectivity index (χ1n) is 8.11. The van der Waals surface area contributed by atoms with Crippen molar-refractivity contribution in [2.45, 2.75) is 4.90 Å². The maximum absolute atomic E-state index is 12.8. The number of hydrogen-bond acceptors (Lipinski definition) is 4. The summed E-state index contributed by atoms with van der Waals surface area (Å²) in [5, 5.41) is 0. The number of piperazine rings is 1. The molecule has 1 amide bonds. The molecular formula is C18H19BrN2O4S. The molecule has 0 radical (unpaired) electrons. The smallest absolute Gasteiger partial charge is 0.254 e. The van der Waals surface area contributed by atoms with Gasteiger partial charge < -0.3 is 9.64 Å². The molecule has 0 atom stereocenters. The normalized spacial score (nSPS) is 15.7. The summed E-state index contributed by atoms with van der Waals surface area (Å²) >= 11 is 3.30. The summed E-state index contributed by atoms with van der Waals surface area (Å²) in [7, 11) is -2.04. The third-order valence-electron chi connectivity index (χ3n) is 4.30. The van der Waals surface area contributed by atoms with E-state index in [0.29, 0.717) is 28.9 Å². The van der Waals surface area contributed by atoms with Crippen LogP contribution < -0.4 is 4.74 Å². The molecule has 0 bridgehead atoms. The number of halogens is 1. The van der Waals surface area contributed by atoms with E-state index in [1.807, 2.05) is 0 Å². The number of hydrogen-bond donors (Lipinski definition) is 0. The number of nitrogens with zero attached hydrogens (tertiary/aromatic N) is 2. The number of benzene rings is 2. The topological polar surface area (TPSA) is 66.9 Å². The quantitative estimate of drug-likeness (QED) is 0.735. The number of sulfonamides is 1. The summed E-state index contributed by atoms with van der Waals surface area (Å²) < 4.78 is 32.7. The Labute approximate surface area is 161 Å². The van der Waals surface area contributed by atoms with Crippen molar-refractivity contribution in [2.75, 3.05) is 33.3 Å². The van der Waals surface area contributed by atoms with Gasteiger partial charge in [-0.1, -0.05) is 18.2 Å². The van der Waals surface area contributed by atoms with Crippen molar-refractivity contribution < 1.29 is 17.9 Å². The van der Waals surface area contributed by atoms with Crippen LogP contribution >= 0.6 is 15.9 Å². The lowest BCUT2D eigenvalue weighted by atomic mass is 10.1. The average Bonchev–Trinajstić information content (AvgIpc) is 2.67. The lowest BCUT2D eigenvalue weighted by molar-refractivity contribution is 0.0697. The van der Waals surface area contributed by atoms with E-state index >= 15 is 0 Å². The predicted molar refractivity (Wildman–Crippen MR) is 102 cm³/mol. The monoisotopic (exact) mass is 438 g/mol. The van der Waals surface area contributed by atoms with Gasteiger partial charge in [0, 0.05) is 36.2 Å². The Morgan fingerprint density at radius 3 is 2.38 bits per heavy atom. The van der Waals surface area contributed by atoms with E-state index < -0.39 is 10.0 Å². The van der Waals surface area contributed by atoms with E-state index in [9.17, 15) is 13.2 Å². The Hall–Kier alpha value is -1.90. The number of carbonyl (C=O) groups excluding carboxylic acids is 1. The molecule has 6 nitrogen and oxygen atoms in total. The van der Waals surface area contributed by atoms with Gasteiger partial charge in [-0.25, -0.2) is 8.42 Å². The highest BCUT2D eigenvalue weighted by molar-refractivity contribution is 9.10. The van der Waals surface area contributed by atoms with Gasteiger partial charge in [0.05, 0.1) is 12.0 Å². The fraction of sp³-hybridized carbons (Fsp3) is 0.278. The molecule has 0 unspecified atom stereocenters. The molecule has 26 heavy (non-hydrogen) atoms.